The second kappa shape index (κ2) is 10.8. The van der Waals surface area contributed by atoms with Crippen molar-refractivity contribution in [2.75, 3.05) is 12.4 Å². The second-order valence-corrected chi connectivity index (χ2v) is 12.1. The van der Waals surface area contributed by atoms with Crippen molar-refractivity contribution in [2.24, 2.45) is 13.0 Å². The van der Waals surface area contributed by atoms with Crippen LogP contribution in [-0.4, -0.2) is 69.1 Å². The Kier molecular flexibility index (Phi) is 7.21. The van der Waals surface area contributed by atoms with Gasteiger partial charge in [-0.15, -0.1) is 0 Å². The number of fused-ring (bicyclic) bond motifs is 3. The van der Waals surface area contributed by atoms with Gasteiger partial charge in [0.25, 0.3) is 5.91 Å². The lowest BCUT2D eigenvalue weighted by molar-refractivity contribution is -0.132. The molecule has 2 bridgehead atoms. The topological polar surface area (TPSA) is 137 Å². The summed E-state index contributed by atoms with van der Waals surface area (Å²) in [5.41, 5.74) is 1.93. The van der Waals surface area contributed by atoms with Gasteiger partial charge in [-0.25, -0.2) is 4.79 Å². The number of hydrogen-bond acceptors (Lipinski definition) is 5. The van der Waals surface area contributed by atoms with Gasteiger partial charge in [0.15, 0.2) is 0 Å². The molecule has 4 atom stereocenters. The van der Waals surface area contributed by atoms with E-state index in [9.17, 15) is 19.2 Å². The molecule has 6 rings (SSSR count). The van der Waals surface area contributed by atoms with Crippen LogP contribution >= 0.6 is 0 Å². The summed E-state index contributed by atoms with van der Waals surface area (Å²) in [6.45, 7) is 0. The van der Waals surface area contributed by atoms with Gasteiger partial charge in [-0.3, -0.25) is 19.1 Å². The van der Waals surface area contributed by atoms with Crippen LogP contribution in [0.15, 0.2) is 30.5 Å². The van der Waals surface area contributed by atoms with Crippen LogP contribution in [0.5, 0.6) is 0 Å². The van der Waals surface area contributed by atoms with Crippen molar-refractivity contribution >= 4 is 29.4 Å². The molecule has 5 amide bonds. The van der Waals surface area contributed by atoms with E-state index < -0.39 is 11.6 Å². The summed E-state index contributed by atoms with van der Waals surface area (Å²) < 4.78 is 1.50. The molecule has 2 aromatic rings. The third-order valence-electron chi connectivity index (χ3n) is 9.61. The highest BCUT2D eigenvalue weighted by atomic mass is 16.2. The predicted molar refractivity (Wildman–Crippen MR) is 152 cm³/mol. The van der Waals surface area contributed by atoms with Crippen LogP contribution in [0.3, 0.4) is 0 Å². The second-order valence-electron chi connectivity index (χ2n) is 12.1. The molecule has 3 fully saturated rings. The van der Waals surface area contributed by atoms with Gasteiger partial charge in [-0.05, 0) is 67.3 Å². The number of benzene rings is 1. The summed E-state index contributed by atoms with van der Waals surface area (Å²) in [6, 6.07) is 6.72. The first kappa shape index (κ1) is 27.3. The maximum absolute atomic E-state index is 13.7. The van der Waals surface area contributed by atoms with Crippen molar-refractivity contribution in [3.8, 4) is 0 Å². The molecule has 218 valence electrons. The van der Waals surface area contributed by atoms with E-state index in [1.54, 1.807) is 31.3 Å². The van der Waals surface area contributed by atoms with Crippen molar-refractivity contribution in [1.29, 1.82) is 0 Å². The van der Waals surface area contributed by atoms with Gasteiger partial charge in [-0.2, -0.15) is 5.10 Å². The van der Waals surface area contributed by atoms with Gasteiger partial charge in [0, 0.05) is 50.9 Å². The smallest absolute Gasteiger partial charge is 0.318 e. The van der Waals surface area contributed by atoms with Crippen LogP contribution in [-0.2, 0) is 29.5 Å². The Morgan fingerprint density at radius 3 is 2.56 bits per heavy atom. The molecule has 1 aromatic heterocycles. The van der Waals surface area contributed by atoms with Crippen molar-refractivity contribution in [1.82, 2.24) is 30.6 Å². The SMILES string of the molecule is CNC(=O)C1(N2C(=O)NC3CCC2C3)Cc2ccc(NC(=O)[C@@H](NC(=O)c3ccnn3C)C3CCCCC3)cc2C1. The van der Waals surface area contributed by atoms with E-state index in [1.807, 2.05) is 18.2 Å². The molecule has 3 unspecified atom stereocenters. The third kappa shape index (κ3) is 4.95. The molecule has 2 saturated carbocycles. The van der Waals surface area contributed by atoms with E-state index >= 15 is 0 Å². The Bertz CT molecular complexity index is 1370. The highest BCUT2D eigenvalue weighted by molar-refractivity contribution is 6.01. The minimum atomic E-state index is -1.01. The summed E-state index contributed by atoms with van der Waals surface area (Å²) >= 11 is 0. The van der Waals surface area contributed by atoms with Crippen LogP contribution in [0.1, 0.15) is 73.0 Å². The molecule has 4 N–H and O–H groups in total. The third-order valence-corrected chi connectivity index (χ3v) is 9.61. The van der Waals surface area contributed by atoms with Gasteiger partial charge in [0.2, 0.25) is 11.8 Å². The number of aryl methyl sites for hydroxylation is 1. The zero-order valence-corrected chi connectivity index (χ0v) is 23.7. The Morgan fingerprint density at radius 2 is 1.83 bits per heavy atom. The number of hydrogen-bond donors (Lipinski definition) is 4. The molecule has 1 saturated heterocycles. The number of nitrogens with one attached hydrogen (secondary N) is 4. The van der Waals surface area contributed by atoms with Gasteiger partial charge < -0.3 is 26.2 Å². The van der Waals surface area contributed by atoms with E-state index in [2.05, 4.69) is 26.4 Å². The van der Waals surface area contributed by atoms with E-state index in [4.69, 9.17) is 0 Å². The molecule has 41 heavy (non-hydrogen) atoms. The highest BCUT2D eigenvalue weighted by Gasteiger charge is 2.55. The fourth-order valence-electron chi connectivity index (χ4n) is 7.58. The molecule has 0 spiro atoms. The van der Waals surface area contributed by atoms with Gasteiger partial charge >= 0.3 is 6.03 Å². The van der Waals surface area contributed by atoms with Crippen molar-refractivity contribution < 1.29 is 19.2 Å². The molecule has 3 aliphatic carbocycles. The Hall–Kier alpha value is -3.89. The van der Waals surface area contributed by atoms with Crippen LogP contribution in [0.25, 0.3) is 0 Å². The molecule has 2 heterocycles. The van der Waals surface area contributed by atoms with E-state index in [0.717, 1.165) is 62.5 Å². The molecular formula is C30H39N7O4. The molecule has 1 aliphatic heterocycles. The van der Waals surface area contributed by atoms with Crippen LogP contribution in [0, 0.1) is 5.92 Å². The average molecular weight is 562 g/mol. The maximum Gasteiger partial charge on any atom is 0.318 e. The first-order valence-electron chi connectivity index (χ1n) is 14.8. The maximum atomic E-state index is 13.7. The fraction of sp³-hybridized carbons (Fsp3) is 0.567. The summed E-state index contributed by atoms with van der Waals surface area (Å²) in [5, 5.41) is 16.0. The number of nitrogens with zero attached hydrogens (tertiary/aromatic N) is 3. The van der Waals surface area contributed by atoms with Crippen LogP contribution < -0.4 is 21.3 Å². The minimum absolute atomic E-state index is 0.0406. The van der Waals surface area contributed by atoms with E-state index in [1.165, 1.54) is 4.68 Å². The Labute approximate surface area is 239 Å². The molecule has 11 heteroatoms. The predicted octanol–water partition coefficient (Wildman–Crippen LogP) is 2.27. The molecule has 0 radical (unpaired) electrons. The van der Waals surface area contributed by atoms with Gasteiger partial charge in [0.05, 0.1) is 0 Å². The quantitative estimate of drug-likeness (QED) is 0.411. The van der Waals surface area contributed by atoms with E-state index in [-0.39, 0.29) is 41.8 Å². The van der Waals surface area contributed by atoms with Crippen LogP contribution in [0.2, 0.25) is 0 Å². The number of urea groups is 1. The van der Waals surface area contributed by atoms with Crippen molar-refractivity contribution in [3.63, 3.8) is 0 Å². The Morgan fingerprint density at radius 1 is 1.05 bits per heavy atom. The first-order valence-corrected chi connectivity index (χ1v) is 14.8. The summed E-state index contributed by atoms with van der Waals surface area (Å²) in [4.78, 5) is 55.2. The summed E-state index contributed by atoms with van der Waals surface area (Å²) in [7, 11) is 3.32. The highest BCUT2D eigenvalue weighted by Crippen LogP contribution is 2.42. The van der Waals surface area contributed by atoms with E-state index in [0.29, 0.717) is 24.2 Å². The number of amides is 5. The lowest BCUT2D eigenvalue weighted by Gasteiger charge is -2.45. The average Bonchev–Trinajstić information content (AvgIpc) is 3.68. The zero-order chi connectivity index (χ0) is 28.7. The van der Waals surface area contributed by atoms with Gasteiger partial charge in [0.1, 0.15) is 17.3 Å². The fourth-order valence-corrected chi connectivity index (χ4v) is 7.58. The lowest BCUT2D eigenvalue weighted by atomic mass is 9.83. The van der Waals surface area contributed by atoms with Crippen molar-refractivity contribution in [3.05, 3.63) is 47.3 Å². The normalized spacial score (nSPS) is 26.2. The number of aromatic nitrogens is 2. The summed E-state index contributed by atoms with van der Waals surface area (Å²) in [6.07, 6.45) is 9.98. The largest absolute Gasteiger partial charge is 0.357 e. The molecule has 4 aliphatic rings. The minimum Gasteiger partial charge on any atom is -0.357 e. The van der Waals surface area contributed by atoms with Crippen molar-refractivity contribution in [2.45, 2.75) is 87.9 Å². The number of rotatable bonds is 7. The first-order chi connectivity index (χ1) is 19.8. The number of carbonyl (C=O) groups excluding carboxylic acids is 4. The lowest BCUT2D eigenvalue weighted by Crippen LogP contribution is -2.68. The number of anilines is 1. The molecule has 1 aromatic carbocycles. The number of likely N-dealkylation sites (N-methyl/N-ethyl adjacent to an activating group) is 1. The Balaban J connectivity index is 1.23. The monoisotopic (exact) mass is 561 g/mol. The van der Waals surface area contributed by atoms with Crippen LogP contribution in [0.4, 0.5) is 10.5 Å². The standard InChI is InChI=1S/C30H39N7O4/c1-31-28(40)30(37-23-11-10-22(15-23)34-29(37)41)16-19-8-9-21(14-20(19)17-30)33-27(39)25(18-6-4-3-5-7-18)35-26(38)24-12-13-32-36(24)2/h8-9,12-14,18,22-23,25H,3-7,10-11,15-17H2,1-2H3,(H,31,40)(H,33,39)(H,34,41)(H,35,38)/t22?,23?,25-,30?/m0/s1. The zero-order valence-electron chi connectivity index (χ0n) is 23.7. The molecular weight excluding hydrogens is 522 g/mol. The number of carbonyl (C=O) groups is 4. The summed E-state index contributed by atoms with van der Waals surface area (Å²) in [5.74, 6) is -0.705. The van der Waals surface area contributed by atoms with Gasteiger partial charge in [-0.1, -0.05) is 25.3 Å². The molecule has 11 nitrogen and oxygen atoms in total.